The van der Waals surface area contributed by atoms with E-state index in [4.69, 9.17) is 9.47 Å². The van der Waals surface area contributed by atoms with Gasteiger partial charge >= 0.3 is 5.97 Å². The van der Waals surface area contributed by atoms with E-state index in [0.29, 0.717) is 48.2 Å². The Labute approximate surface area is 262 Å². The second-order valence-corrected chi connectivity index (χ2v) is 12.7. The lowest BCUT2D eigenvalue weighted by atomic mass is 9.87. The van der Waals surface area contributed by atoms with Crippen molar-refractivity contribution < 1.29 is 32.3 Å². The number of Topliss-reactive ketones (excluding diaryl/α,β-unsaturated/α-hetero) is 1. The number of rotatable bonds is 13. The van der Waals surface area contributed by atoms with Gasteiger partial charge in [-0.2, -0.15) is 0 Å². The van der Waals surface area contributed by atoms with Crippen LogP contribution in [0.25, 0.3) is 0 Å². The fourth-order valence-electron chi connectivity index (χ4n) is 5.38. The van der Waals surface area contributed by atoms with Gasteiger partial charge < -0.3 is 19.4 Å². The summed E-state index contributed by atoms with van der Waals surface area (Å²) in [7, 11) is -4.00. The first kappa shape index (κ1) is 31.6. The van der Waals surface area contributed by atoms with Crippen LogP contribution in [-0.2, 0) is 38.1 Å². The second-order valence-electron chi connectivity index (χ2n) is 10.7. The summed E-state index contributed by atoms with van der Waals surface area (Å²) >= 11 is 0. The van der Waals surface area contributed by atoms with E-state index in [1.54, 1.807) is 31.6 Å². The van der Waals surface area contributed by atoms with E-state index >= 15 is 0 Å². The first-order valence-corrected chi connectivity index (χ1v) is 16.5. The van der Waals surface area contributed by atoms with Gasteiger partial charge in [0, 0.05) is 42.0 Å². The van der Waals surface area contributed by atoms with Gasteiger partial charge in [-0.3, -0.25) is 14.4 Å². The van der Waals surface area contributed by atoms with E-state index in [2.05, 4.69) is 10.3 Å². The molecule has 1 aliphatic carbocycles. The number of hydrogen-bond acceptors (Lipinski definition) is 8. The molecule has 1 heterocycles. The van der Waals surface area contributed by atoms with Gasteiger partial charge in [0.15, 0.2) is 15.6 Å². The number of nitrogens with one attached hydrogen (secondary N) is 1. The molecule has 1 atom stereocenters. The van der Waals surface area contributed by atoms with Gasteiger partial charge in [0.25, 0.3) is 5.91 Å². The highest BCUT2D eigenvalue weighted by atomic mass is 32.2. The van der Waals surface area contributed by atoms with Crippen LogP contribution in [0.4, 0.5) is 0 Å². The van der Waals surface area contributed by atoms with E-state index < -0.39 is 33.6 Å². The average molecular weight is 630 g/mol. The first-order valence-electron chi connectivity index (χ1n) is 14.9. The molecule has 234 valence electrons. The molecule has 10 nitrogen and oxygen atoms in total. The van der Waals surface area contributed by atoms with Crippen molar-refractivity contribution in [2.24, 2.45) is 0 Å². The molecule has 0 spiro atoms. The maximum absolute atomic E-state index is 13.9. The van der Waals surface area contributed by atoms with Gasteiger partial charge in [0.1, 0.15) is 11.9 Å². The molecule has 1 aromatic heterocycles. The molecule has 5 rings (SSSR count). The number of ether oxygens (including phenoxy) is 2. The number of nitrogens with zero attached hydrogens (tertiary/aromatic N) is 2. The quantitative estimate of drug-likeness (QED) is 0.207. The van der Waals surface area contributed by atoms with Crippen molar-refractivity contribution in [1.29, 1.82) is 0 Å². The van der Waals surface area contributed by atoms with Crippen LogP contribution < -0.4 is 10.1 Å². The van der Waals surface area contributed by atoms with Gasteiger partial charge in [-0.05, 0) is 61.2 Å². The molecule has 0 bridgehead atoms. The first-order chi connectivity index (χ1) is 21.7. The second kappa shape index (κ2) is 14.3. The molecular formula is C34H35N3O7S. The lowest BCUT2D eigenvalue weighted by molar-refractivity contribution is -0.142. The zero-order chi connectivity index (χ0) is 31.8. The Bertz CT molecular complexity index is 1770. The highest BCUT2D eigenvalue weighted by molar-refractivity contribution is 7.90. The maximum atomic E-state index is 13.9. The Hall–Kier alpha value is -4.77. The monoisotopic (exact) mass is 629 g/mol. The fourth-order valence-corrected chi connectivity index (χ4v) is 6.84. The zero-order valence-corrected chi connectivity index (χ0v) is 25.8. The van der Waals surface area contributed by atoms with E-state index in [-0.39, 0.29) is 35.8 Å². The SMILES string of the molecule is CCOC(=O)CCNC(=O)c1cccc(S(=O)(=O)Cc2c(OC(Cn3ccnc3)c3ccccc3)ccc3c2CCCC3=O)c1. The lowest BCUT2D eigenvalue weighted by Gasteiger charge is -2.26. The molecule has 1 aliphatic rings. The summed E-state index contributed by atoms with van der Waals surface area (Å²) in [6.45, 7) is 2.43. The molecule has 11 heteroatoms. The molecule has 0 saturated heterocycles. The number of esters is 1. The van der Waals surface area contributed by atoms with Crippen molar-refractivity contribution in [3.8, 4) is 5.75 Å². The van der Waals surface area contributed by atoms with Crippen LogP contribution in [0.3, 0.4) is 0 Å². The maximum Gasteiger partial charge on any atom is 0.307 e. The minimum Gasteiger partial charge on any atom is -0.484 e. The highest BCUT2D eigenvalue weighted by Gasteiger charge is 2.28. The molecule has 1 amide bonds. The largest absolute Gasteiger partial charge is 0.484 e. The third-order valence-electron chi connectivity index (χ3n) is 7.61. The molecule has 0 saturated carbocycles. The smallest absolute Gasteiger partial charge is 0.307 e. The summed E-state index contributed by atoms with van der Waals surface area (Å²) in [5.74, 6) is -1.00. The number of aromatic nitrogens is 2. The average Bonchev–Trinajstić information content (AvgIpc) is 3.56. The van der Waals surface area contributed by atoms with Crippen molar-refractivity contribution in [2.75, 3.05) is 13.2 Å². The Kier molecular flexibility index (Phi) is 10.1. The third-order valence-corrected chi connectivity index (χ3v) is 9.25. The van der Waals surface area contributed by atoms with E-state index in [1.807, 2.05) is 41.1 Å². The van der Waals surface area contributed by atoms with Crippen LogP contribution >= 0.6 is 0 Å². The Morgan fingerprint density at radius 1 is 1.04 bits per heavy atom. The molecule has 0 fully saturated rings. The summed E-state index contributed by atoms with van der Waals surface area (Å²) in [6.07, 6.45) is 6.29. The number of carbonyl (C=O) groups is 3. The number of amides is 1. The molecule has 0 radical (unpaired) electrons. The summed E-state index contributed by atoms with van der Waals surface area (Å²) in [4.78, 5) is 41.3. The standard InChI is InChI=1S/C34H35N3O7S/c1-2-43-33(39)16-17-36-34(40)25-10-6-11-26(20-25)45(41,42)22-29-27-12-7-13-30(38)28(27)14-15-31(29)44-32(21-37-19-18-35-23-37)24-8-4-3-5-9-24/h3-6,8-11,14-15,18-20,23,32H,2,7,12-13,16-17,21-22H2,1H3,(H,36,40). The van der Waals surface area contributed by atoms with Crippen LogP contribution in [0.1, 0.15) is 69.7 Å². The summed E-state index contributed by atoms with van der Waals surface area (Å²) in [5.41, 5.74) is 2.67. The summed E-state index contributed by atoms with van der Waals surface area (Å²) < 4.78 is 41.2. The lowest BCUT2D eigenvalue weighted by Crippen LogP contribution is -2.26. The van der Waals surface area contributed by atoms with Crippen molar-refractivity contribution >= 4 is 27.5 Å². The normalized spacial score (nSPS) is 13.5. The minimum atomic E-state index is -4.00. The molecule has 4 aromatic rings. The van der Waals surface area contributed by atoms with E-state index in [0.717, 1.165) is 5.56 Å². The zero-order valence-electron chi connectivity index (χ0n) is 25.0. The topological polar surface area (TPSA) is 134 Å². The molecule has 45 heavy (non-hydrogen) atoms. The molecule has 1 unspecified atom stereocenters. The van der Waals surface area contributed by atoms with Gasteiger partial charge in [-0.25, -0.2) is 13.4 Å². The van der Waals surface area contributed by atoms with Crippen molar-refractivity contribution in [3.05, 3.63) is 113 Å². The molecule has 1 N–H and O–H groups in total. The number of hydrogen-bond donors (Lipinski definition) is 1. The Morgan fingerprint density at radius 2 is 1.87 bits per heavy atom. The predicted molar refractivity (Wildman–Crippen MR) is 167 cm³/mol. The van der Waals surface area contributed by atoms with Gasteiger partial charge in [0.2, 0.25) is 0 Å². The van der Waals surface area contributed by atoms with Crippen molar-refractivity contribution in [2.45, 2.75) is 55.9 Å². The summed E-state index contributed by atoms with van der Waals surface area (Å²) in [6, 6.07) is 18.8. The van der Waals surface area contributed by atoms with Crippen molar-refractivity contribution in [3.63, 3.8) is 0 Å². The van der Waals surface area contributed by atoms with Gasteiger partial charge in [-0.15, -0.1) is 0 Å². The predicted octanol–water partition coefficient (Wildman–Crippen LogP) is 4.88. The van der Waals surface area contributed by atoms with Gasteiger partial charge in [0.05, 0.1) is 36.5 Å². The van der Waals surface area contributed by atoms with Gasteiger partial charge in [-0.1, -0.05) is 36.4 Å². The summed E-state index contributed by atoms with van der Waals surface area (Å²) in [5, 5.41) is 2.63. The minimum absolute atomic E-state index is 0.00298. The van der Waals surface area contributed by atoms with Crippen LogP contribution in [0.15, 0.2) is 90.3 Å². The highest BCUT2D eigenvalue weighted by Crippen LogP contribution is 2.36. The van der Waals surface area contributed by atoms with Crippen LogP contribution in [-0.4, -0.2) is 48.8 Å². The third kappa shape index (κ3) is 7.85. The number of carbonyl (C=O) groups excluding carboxylic acids is 3. The van der Waals surface area contributed by atoms with Crippen LogP contribution in [0.5, 0.6) is 5.75 Å². The molecule has 3 aromatic carbocycles. The number of ketones is 1. The van der Waals surface area contributed by atoms with Crippen LogP contribution in [0.2, 0.25) is 0 Å². The molecular weight excluding hydrogens is 594 g/mol. The Balaban J connectivity index is 1.45. The molecule has 0 aliphatic heterocycles. The van der Waals surface area contributed by atoms with E-state index in [1.165, 1.54) is 24.3 Å². The number of benzene rings is 3. The fraction of sp³-hybridized carbons (Fsp3) is 0.294. The Morgan fingerprint density at radius 3 is 2.62 bits per heavy atom. The van der Waals surface area contributed by atoms with Crippen LogP contribution in [0, 0.1) is 0 Å². The van der Waals surface area contributed by atoms with E-state index in [9.17, 15) is 22.8 Å². The number of fused-ring (bicyclic) bond motifs is 1. The number of imidazole rings is 1. The van der Waals surface area contributed by atoms with Crippen molar-refractivity contribution in [1.82, 2.24) is 14.9 Å². The number of sulfone groups is 1.